The quantitative estimate of drug-likeness (QED) is 0.826. The van der Waals surface area contributed by atoms with Gasteiger partial charge in [-0.2, -0.15) is 0 Å². The number of rotatable bonds is 2. The van der Waals surface area contributed by atoms with Crippen molar-refractivity contribution >= 4 is 0 Å². The summed E-state index contributed by atoms with van der Waals surface area (Å²) in [5.74, 6) is 0.786. The van der Waals surface area contributed by atoms with Gasteiger partial charge in [0.2, 0.25) is 0 Å². The normalized spacial score (nSPS) is 36.5. The Bertz CT molecular complexity index is 273. The van der Waals surface area contributed by atoms with Crippen molar-refractivity contribution in [3.63, 3.8) is 0 Å². The van der Waals surface area contributed by atoms with E-state index in [2.05, 4.69) is 4.90 Å². The molecule has 2 N–H and O–H groups in total. The fourth-order valence-corrected chi connectivity index (χ4v) is 5.08. The van der Waals surface area contributed by atoms with E-state index in [1.165, 1.54) is 83.7 Å². The molecule has 2 unspecified atom stereocenters. The molecule has 2 atom stereocenters. The Labute approximate surface area is 119 Å². The van der Waals surface area contributed by atoms with Gasteiger partial charge in [-0.15, -0.1) is 0 Å². The molecule has 1 spiro atoms. The minimum absolute atomic E-state index is 0.752. The van der Waals surface area contributed by atoms with Crippen LogP contribution < -0.4 is 5.73 Å². The first kappa shape index (κ1) is 13.9. The second-order valence-electron chi connectivity index (χ2n) is 7.44. The van der Waals surface area contributed by atoms with Gasteiger partial charge in [0.15, 0.2) is 0 Å². The minimum Gasteiger partial charge on any atom is -0.330 e. The van der Waals surface area contributed by atoms with Crippen molar-refractivity contribution in [2.75, 3.05) is 19.6 Å². The average Bonchev–Trinajstić information content (AvgIpc) is 2.49. The first-order chi connectivity index (χ1) is 9.33. The molecule has 2 nitrogen and oxygen atoms in total. The van der Waals surface area contributed by atoms with Gasteiger partial charge in [-0.1, -0.05) is 32.1 Å². The van der Waals surface area contributed by atoms with Gasteiger partial charge in [0.05, 0.1) is 0 Å². The molecule has 3 fully saturated rings. The molecule has 2 aliphatic carbocycles. The monoisotopic (exact) mass is 264 g/mol. The SMILES string of the molecule is NCC1CCCCC1N1CCC2(CCCCC2)CC1. The first-order valence-electron chi connectivity index (χ1n) is 8.77. The fourth-order valence-electron chi connectivity index (χ4n) is 5.08. The zero-order chi connectivity index (χ0) is 13.1. The predicted octanol–water partition coefficient (Wildman–Crippen LogP) is 3.55. The third-order valence-electron chi connectivity index (χ3n) is 6.41. The number of nitrogens with two attached hydrogens (primary N) is 1. The van der Waals surface area contributed by atoms with Gasteiger partial charge in [0, 0.05) is 6.04 Å². The van der Waals surface area contributed by atoms with Crippen LogP contribution in [0.25, 0.3) is 0 Å². The highest BCUT2D eigenvalue weighted by atomic mass is 15.2. The summed E-state index contributed by atoms with van der Waals surface area (Å²) in [5.41, 5.74) is 6.76. The summed E-state index contributed by atoms with van der Waals surface area (Å²) in [6.07, 6.45) is 16.1. The van der Waals surface area contributed by atoms with Crippen molar-refractivity contribution in [2.24, 2.45) is 17.1 Å². The van der Waals surface area contributed by atoms with Crippen LogP contribution in [0.5, 0.6) is 0 Å². The van der Waals surface area contributed by atoms with Crippen LogP contribution in [0.15, 0.2) is 0 Å². The molecule has 0 radical (unpaired) electrons. The van der Waals surface area contributed by atoms with E-state index in [-0.39, 0.29) is 0 Å². The van der Waals surface area contributed by atoms with E-state index >= 15 is 0 Å². The molecule has 19 heavy (non-hydrogen) atoms. The number of piperidine rings is 1. The standard InChI is InChI=1S/C17H32N2/c18-14-15-6-2-3-7-16(15)19-12-10-17(11-13-19)8-4-1-5-9-17/h15-16H,1-14,18H2. The van der Waals surface area contributed by atoms with Gasteiger partial charge in [0.1, 0.15) is 0 Å². The molecule has 0 bridgehead atoms. The Morgan fingerprint density at radius 3 is 2.21 bits per heavy atom. The van der Waals surface area contributed by atoms with Crippen LogP contribution in [0.3, 0.4) is 0 Å². The van der Waals surface area contributed by atoms with Crippen molar-refractivity contribution < 1.29 is 0 Å². The van der Waals surface area contributed by atoms with E-state index in [0.717, 1.165) is 23.9 Å². The van der Waals surface area contributed by atoms with Crippen LogP contribution in [-0.2, 0) is 0 Å². The van der Waals surface area contributed by atoms with Crippen LogP contribution in [-0.4, -0.2) is 30.6 Å². The summed E-state index contributed by atoms with van der Waals surface area (Å²) in [4.78, 5) is 2.82. The molecule has 3 aliphatic rings. The largest absolute Gasteiger partial charge is 0.330 e. The summed E-state index contributed by atoms with van der Waals surface area (Å²) < 4.78 is 0. The van der Waals surface area contributed by atoms with Crippen molar-refractivity contribution in [3.8, 4) is 0 Å². The lowest BCUT2D eigenvalue weighted by Crippen LogP contribution is -2.50. The molecule has 0 amide bonds. The van der Waals surface area contributed by atoms with Crippen LogP contribution in [0.4, 0.5) is 0 Å². The maximum atomic E-state index is 6.01. The third-order valence-corrected chi connectivity index (χ3v) is 6.41. The number of hydrogen-bond acceptors (Lipinski definition) is 2. The highest BCUT2D eigenvalue weighted by molar-refractivity contribution is 4.92. The van der Waals surface area contributed by atoms with E-state index in [0.29, 0.717) is 0 Å². The molecule has 0 aromatic rings. The third kappa shape index (κ3) is 3.00. The zero-order valence-corrected chi connectivity index (χ0v) is 12.6. The molecule has 0 aromatic carbocycles. The minimum atomic E-state index is 0.752. The second kappa shape index (κ2) is 6.13. The van der Waals surface area contributed by atoms with Crippen LogP contribution in [0.1, 0.15) is 70.6 Å². The topological polar surface area (TPSA) is 29.3 Å². The highest BCUT2D eigenvalue weighted by Crippen LogP contribution is 2.45. The molecule has 2 saturated carbocycles. The zero-order valence-electron chi connectivity index (χ0n) is 12.6. The molecule has 1 saturated heterocycles. The number of hydrogen-bond donors (Lipinski definition) is 1. The van der Waals surface area contributed by atoms with Crippen molar-refractivity contribution in [2.45, 2.75) is 76.7 Å². The van der Waals surface area contributed by atoms with Crippen molar-refractivity contribution in [1.29, 1.82) is 0 Å². The van der Waals surface area contributed by atoms with E-state index in [1.54, 1.807) is 0 Å². The Kier molecular flexibility index (Phi) is 4.48. The molecule has 3 rings (SSSR count). The van der Waals surface area contributed by atoms with Crippen molar-refractivity contribution in [3.05, 3.63) is 0 Å². The predicted molar refractivity (Wildman–Crippen MR) is 81.1 cm³/mol. The van der Waals surface area contributed by atoms with Crippen LogP contribution in [0.2, 0.25) is 0 Å². The summed E-state index contributed by atoms with van der Waals surface area (Å²) in [6.45, 7) is 3.63. The van der Waals surface area contributed by atoms with E-state index < -0.39 is 0 Å². The van der Waals surface area contributed by atoms with Gasteiger partial charge in [0.25, 0.3) is 0 Å². The Balaban J connectivity index is 1.56. The fraction of sp³-hybridized carbons (Fsp3) is 1.00. The first-order valence-corrected chi connectivity index (χ1v) is 8.77. The summed E-state index contributed by atoms with van der Waals surface area (Å²) in [7, 11) is 0. The lowest BCUT2D eigenvalue weighted by Gasteiger charge is -2.48. The second-order valence-corrected chi connectivity index (χ2v) is 7.44. The van der Waals surface area contributed by atoms with Gasteiger partial charge >= 0.3 is 0 Å². The summed E-state index contributed by atoms with van der Waals surface area (Å²) >= 11 is 0. The van der Waals surface area contributed by atoms with Gasteiger partial charge in [-0.3, -0.25) is 0 Å². The Morgan fingerprint density at radius 1 is 0.842 bits per heavy atom. The lowest BCUT2D eigenvalue weighted by molar-refractivity contribution is 0.0178. The van der Waals surface area contributed by atoms with E-state index in [9.17, 15) is 0 Å². The lowest BCUT2D eigenvalue weighted by atomic mass is 9.67. The molecular weight excluding hydrogens is 232 g/mol. The molecule has 110 valence electrons. The maximum absolute atomic E-state index is 6.01. The number of nitrogens with zero attached hydrogens (tertiary/aromatic N) is 1. The summed E-state index contributed by atoms with van der Waals surface area (Å²) in [5, 5.41) is 0. The Hall–Kier alpha value is -0.0800. The van der Waals surface area contributed by atoms with Gasteiger partial charge in [-0.05, 0) is 69.5 Å². The molecule has 2 heteroatoms. The van der Waals surface area contributed by atoms with E-state index in [1.807, 2.05) is 0 Å². The number of likely N-dealkylation sites (tertiary alicyclic amines) is 1. The molecule has 0 aromatic heterocycles. The summed E-state index contributed by atoms with van der Waals surface area (Å²) in [6, 6.07) is 0.819. The van der Waals surface area contributed by atoms with Crippen LogP contribution in [0, 0.1) is 11.3 Å². The molecule has 1 aliphatic heterocycles. The van der Waals surface area contributed by atoms with Crippen LogP contribution >= 0.6 is 0 Å². The van der Waals surface area contributed by atoms with Gasteiger partial charge in [-0.25, -0.2) is 0 Å². The molecular formula is C17H32N2. The van der Waals surface area contributed by atoms with E-state index in [4.69, 9.17) is 5.73 Å². The van der Waals surface area contributed by atoms with Gasteiger partial charge < -0.3 is 10.6 Å². The maximum Gasteiger partial charge on any atom is 0.0136 e. The Morgan fingerprint density at radius 2 is 1.53 bits per heavy atom. The molecule has 1 heterocycles. The van der Waals surface area contributed by atoms with Crippen molar-refractivity contribution in [1.82, 2.24) is 4.90 Å². The highest BCUT2D eigenvalue weighted by Gasteiger charge is 2.38. The smallest absolute Gasteiger partial charge is 0.0136 e. The average molecular weight is 264 g/mol.